The molecule has 0 amide bonds. The van der Waals surface area contributed by atoms with E-state index in [0.717, 1.165) is 29.4 Å². The highest BCUT2D eigenvalue weighted by Crippen LogP contribution is 2.34. The highest BCUT2D eigenvalue weighted by atomic mass is 35.5. The van der Waals surface area contributed by atoms with Gasteiger partial charge in [-0.15, -0.1) is 10.2 Å². The summed E-state index contributed by atoms with van der Waals surface area (Å²) in [5.74, 6) is 2.17. The van der Waals surface area contributed by atoms with Gasteiger partial charge in [0.1, 0.15) is 13.2 Å². The maximum atomic E-state index is 6.26. The third-order valence-corrected chi connectivity index (χ3v) is 4.74. The second-order valence-electron chi connectivity index (χ2n) is 6.42. The summed E-state index contributed by atoms with van der Waals surface area (Å²) < 4.78 is 12.9. The molecule has 2 aromatic heterocycles. The standard InChI is InChI=1S/C20H21ClN6O2/c1-28-13-18-24-25-20-16-12-15(21)5-6-17(16)26(9-10-27(18)20)14-22-8-11-29-19-4-2-3-7-23-19/h2-7,12,14H,8-11,13H2,1H3/b22-14-. The Morgan fingerprint density at radius 1 is 1.21 bits per heavy atom. The van der Waals surface area contributed by atoms with Gasteiger partial charge >= 0.3 is 0 Å². The number of hydrogen-bond donors (Lipinski definition) is 0. The highest BCUT2D eigenvalue weighted by Gasteiger charge is 2.23. The number of aromatic nitrogens is 4. The predicted octanol–water partition coefficient (Wildman–Crippen LogP) is 3.07. The topological polar surface area (TPSA) is 77.7 Å². The van der Waals surface area contributed by atoms with Gasteiger partial charge in [-0.3, -0.25) is 4.99 Å². The minimum atomic E-state index is 0.405. The summed E-state index contributed by atoms with van der Waals surface area (Å²) >= 11 is 6.26. The van der Waals surface area contributed by atoms with Crippen molar-refractivity contribution in [3.63, 3.8) is 0 Å². The molecule has 0 saturated carbocycles. The number of methoxy groups -OCH3 is 1. The molecule has 1 aliphatic heterocycles. The van der Waals surface area contributed by atoms with Crippen LogP contribution >= 0.6 is 11.6 Å². The molecule has 0 fully saturated rings. The van der Waals surface area contributed by atoms with Crippen LogP contribution in [0.5, 0.6) is 5.88 Å². The van der Waals surface area contributed by atoms with Crippen LogP contribution in [0.2, 0.25) is 5.02 Å². The molecule has 0 radical (unpaired) electrons. The van der Waals surface area contributed by atoms with Crippen LogP contribution in [0.3, 0.4) is 0 Å². The minimum Gasteiger partial charge on any atom is -0.476 e. The quantitative estimate of drug-likeness (QED) is 0.337. The molecule has 0 saturated heterocycles. The summed E-state index contributed by atoms with van der Waals surface area (Å²) in [7, 11) is 1.65. The smallest absolute Gasteiger partial charge is 0.213 e. The lowest BCUT2D eigenvalue weighted by Crippen LogP contribution is -2.25. The zero-order valence-electron chi connectivity index (χ0n) is 16.0. The Kier molecular flexibility index (Phi) is 6.02. The molecular weight excluding hydrogens is 392 g/mol. The van der Waals surface area contributed by atoms with Crippen molar-refractivity contribution >= 4 is 23.6 Å². The van der Waals surface area contributed by atoms with E-state index in [-0.39, 0.29) is 0 Å². The van der Waals surface area contributed by atoms with Crippen LogP contribution in [0.25, 0.3) is 11.4 Å². The van der Waals surface area contributed by atoms with Gasteiger partial charge in [0.05, 0.1) is 18.6 Å². The van der Waals surface area contributed by atoms with Crippen molar-refractivity contribution < 1.29 is 9.47 Å². The molecular formula is C20H21ClN6O2. The van der Waals surface area contributed by atoms with Crippen molar-refractivity contribution in [3.8, 4) is 17.3 Å². The van der Waals surface area contributed by atoms with Crippen LogP contribution in [0.1, 0.15) is 5.82 Å². The highest BCUT2D eigenvalue weighted by molar-refractivity contribution is 6.31. The zero-order chi connectivity index (χ0) is 20.1. The Labute approximate surface area is 173 Å². The molecule has 0 atom stereocenters. The van der Waals surface area contributed by atoms with Gasteiger partial charge in [0.15, 0.2) is 11.6 Å². The Bertz CT molecular complexity index is 992. The van der Waals surface area contributed by atoms with Crippen molar-refractivity contribution in [3.05, 3.63) is 53.4 Å². The van der Waals surface area contributed by atoms with E-state index in [1.54, 1.807) is 13.3 Å². The van der Waals surface area contributed by atoms with E-state index in [1.807, 2.05) is 42.7 Å². The number of halogens is 1. The first-order valence-corrected chi connectivity index (χ1v) is 9.65. The number of benzene rings is 1. The number of fused-ring (bicyclic) bond motifs is 3. The largest absolute Gasteiger partial charge is 0.476 e. The zero-order valence-corrected chi connectivity index (χ0v) is 16.8. The third-order valence-electron chi connectivity index (χ3n) is 4.50. The lowest BCUT2D eigenvalue weighted by atomic mass is 10.1. The Balaban J connectivity index is 1.50. The van der Waals surface area contributed by atoms with Crippen molar-refractivity contribution in [2.45, 2.75) is 13.2 Å². The van der Waals surface area contributed by atoms with Gasteiger partial charge in [-0.25, -0.2) is 4.98 Å². The van der Waals surface area contributed by atoms with Gasteiger partial charge in [-0.05, 0) is 24.3 Å². The number of rotatable bonds is 7. The average molecular weight is 413 g/mol. The summed E-state index contributed by atoms with van der Waals surface area (Å²) in [5.41, 5.74) is 1.90. The van der Waals surface area contributed by atoms with E-state index in [0.29, 0.717) is 37.2 Å². The van der Waals surface area contributed by atoms with Gasteiger partial charge in [-0.1, -0.05) is 17.7 Å². The molecule has 1 aromatic carbocycles. The number of aliphatic imine (C=N–C) groups is 1. The number of pyridine rings is 1. The average Bonchev–Trinajstić information content (AvgIpc) is 3.07. The van der Waals surface area contributed by atoms with Crippen LogP contribution in [0, 0.1) is 0 Å². The number of ether oxygens (including phenoxy) is 2. The SMILES string of the molecule is COCc1nnc2n1CCN(/C=N\CCOc1ccccn1)c1ccc(Cl)cc1-2. The Morgan fingerprint density at radius 3 is 2.97 bits per heavy atom. The molecule has 4 rings (SSSR count). The van der Waals surface area contributed by atoms with Gasteiger partial charge in [0.2, 0.25) is 5.88 Å². The molecule has 1 aliphatic rings. The van der Waals surface area contributed by atoms with Crippen LogP contribution in [-0.4, -0.2) is 52.9 Å². The van der Waals surface area contributed by atoms with Crippen LogP contribution < -0.4 is 9.64 Å². The lowest BCUT2D eigenvalue weighted by molar-refractivity contribution is 0.174. The predicted molar refractivity (Wildman–Crippen MR) is 112 cm³/mol. The first kappa shape index (κ1) is 19.4. The van der Waals surface area contributed by atoms with E-state index < -0.39 is 0 Å². The molecule has 0 spiro atoms. The Hall–Kier alpha value is -2.97. The third kappa shape index (κ3) is 4.38. The van der Waals surface area contributed by atoms with Crippen LogP contribution in [0.15, 0.2) is 47.6 Å². The molecule has 0 unspecified atom stereocenters. The van der Waals surface area contributed by atoms with Crippen molar-refractivity contribution in [2.75, 3.05) is 31.7 Å². The van der Waals surface area contributed by atoms with Crippen molar-refractivity contribution in [1.29, 1.82) is 0 Å². The fraction of sp³-hybridized carbons (Fsp3) is 0.300. The van der Waals surface area contributed by atoms with E-state index in [4.69, 9.17) is 21.1 Å². The molecule has 29 heavy (non-hydrogen) atoms. The second kappa shape index (κ2) is 9.02. The molecule has 3 heterocycles. The van der Waals surface area contributed by atoms with Crippen LogP contribution in [-0.2, 0) is 17.9 Å². The molecule has 150 valence electrons. The van der Waals surface area contributed by atoms with E-state index in [9.17, 15) is 0 Å². The fourth-order valence-electron chi connectivity index (χ4n) is 3.18. The summed E-state index contributed by atoms with van der Waals surface area (Å²) in [6.45, 7) is 2.82. The van der Waals surface area contributed by atoms with E-state index in [1.165, 1.54) is 0 Å². The molecule has 9 heteroatoms. The summed E-state index contributed by atoms with van der Waals surface area (Å²) in [4.78, 5) is 10.8. The fourth-order valence-corrected chi connectivity index (χ4v) is 3.36. The van der Waals surface area contributed by atoms with Gasteiger partial charge < -0.3 is 18.9 Å². The molecule has 8 nitrogen and oxygen atoms in total. The summed E-state index contributed by atoms with van der Waals surface area (Å²) in [6, 6.07) is 11.3. The Morgan fingerprint density at radius 2 is 2.14 bits per heavy atom. The monoisotopic (exact) mass is 412 g/mol. The summed E-state index contributed by atoms with van der Waals surface area (Å²) in [5, 5.41) is 9.29. The minimum absolute atomic E-state index is 0.405. The summed E-state index contributed by atoms with van der Waals surface area (Å²) in [6.07, 6.45) is 3.54. The lowest BCUT2D eigenvalue weighted by Gasteiger charge is -2.19. The van der Waals surface area contributed by atoms with Crippen molar-refractivity contribution in [2.24, 2.45) is 4.99 Å². The van der Waals surface area contributed by atoms with Gasteiger partial charge in [0, 0.05) is 43.0 Å². The maximum Gasteiger partial charge on any atom is 0.213 e. The van der Waals surface area contributed by atoms with Crippen LogP contribution in [0.4, 0.5) is 5.69 Å². The van der Waals surface area contributed by atoms with E-state index in [2.05, 4.69) is 29.6 Å². The second-order valence-corrected chi connectivity index (χ2v) is 6.85. The first-order valence-electron chi connectivity index (χ1n) is 9.27. The number of hydrogen-bond acceptors (Lipinski definition) is 6. The van der Waals surface area contributed by atoms with Gasteiger partial charge in [0.25, 0.3) is 0 Å². The van der Waals surface area contributed by atoms with Gasteiger partial charge in [-0.2, -0.15) is 0 Å². The van der Waals surface area contributed by atoms with Crippen molar-refractivity contribution in [1.82, 2.24) is 19.7 Å². The molecule has 0 bridgehead atoms. The first-order chi connectivity index (χ1) is 14.3. The molecule has 0 N–H and O–H groups in total. The van der Waals surface area contributed by atoms with E-state index >= 15 is 0 Å². The molecule has 3 aromatic rings. The number of nitrogens with zero attached hydrogens (tertiary/aromatic N) is 6. The maximum absolute atomic E-state index is 6.26. The molecule has 0 aliphatic carbocycles. The number of anilines is 1. The normalized spacial score (nSPS) is 13.2.